The number of halogens is 3. The first-order chi connectivity index (χ1) is 12.4. The SMILES string of the molecule is CCOc1c(OC)cc(C=NNc2ccc(C(F)(F)F)cc2)cc1OC. The molecule has 0 saturated carbocycles. The minimum Gasteiger partial charge on any atom is -0.493 e. The van der Waals surface area contributed by atoms with Gasteiger partial charge in [0.05, 0.1) is 38.3 Å². The Morgan fingerprint density at radius 3 is 2.08 bits per heavy atom. The van der Waals surface area contributed by atoms with Crippen molar-refractivity contribution in [3.05, 3.63) is 47.5 Å². The number of nitrogens with one attached hydrogen (secondary N) is 1. The zero-order valence-electron chi connectivity index (χ0n) is 14.6. The molecule has 1 N–H and O–H groups in total. The molecule has 26 heavy (non-hydrogen) atoms. The number of benzene rings is 2. The van der Waals surface area contributed by atoms with Crippen LogP contribution in [0.2, 0.25) is 0 Å². The summed E-state index contributed by atoms with van der Waals surface area (Å²) in [5.74, 6) is 1.47. The van der Waals surface area contributed by atoms with E-state index >= 15 is 0 Å². The summed E-state index contributed by atoms with van der Waals surface area (Å²) in [7, 11) is 3.03. The molecule has 8 heteroatoms. The number of rotatable bonds is 7. The second-order valence-corrected chi connectivity index (χ2v) is 5.13. The molecular formula is C18H19F3N2O3. The minimum absolute atomic E-state index is 0.430. The number of alkyl halides is 3. The number of hydrogen-bond donors (Lipinski definition) is 1. The molecule has 0 fully saturated rings. The van der Waals surface area contributed by atoms with Crippen molar-refractivity contribution in [3.63, 3.8) is 0 Å². The molecule has 0 aromatic heterocycles. The highest BCUT2D eigenvalue weighted by atomic mass is 19.4. The predicted molar refractivity (Wildman–Crippen MR) is 93.4 cm³/mol. The Morgan fingerprint density at radius 1 is 1.04 bits per heavy atom. The van der Waals surface area contributed by atoms with E-state index in [1.807, 2.05) is 6.92 Å². The third-order valence-corrected chi connectivity index (χ3v) is 3.39. The molecular weight excluding hydrogens is 349 g/mol. The highest BCUT2D eigenvalue weighted by Gasteiger charge is 2.29. The standard InChI is InChI=1S/C18H19F3N2O3/c1-4-26-17-15(24-2)9-12(10-16(17)25-3)11-22-23-14-7-5-13(6-8-14)18(19,20)21/h5-11,23H,4H2,1-3H3. The van der Waals surface area contributed by atoms with Crippen LogP contribution in [0.3, 0.4) is 0 Å². The normalized spacial score (nSPS) is 11.5. The third kappa shape index (κ3) is 4.81. The average molecular weight is 368 g/mol. The maximum Gasteiger partial charge on any atom is 0.416 e. The zero-order chi connectivity index (χ0) is 19.2. The average Bonchev–Trinajstić information content (AvgIpc) is 2.62. The Hall–Kier alpha value is -2.90. The number of nitrogens with zero attached hydrogens (tertiary/aromatic N) is 1. The van der Waals surface area contributed by atoms with Crippen LogP contribution in [0.15, 0.2) is 41.5 Å². The molecule has 140 valence electrons. The number of anilines is 1. The first kappa shape index (κ1) is 19.4. The second kappa shape index (κ2) is 8.46. The van der Waals surface area contributed by atoms with Gasteiger partial charge in [0.15, 0.2) is 11.5 Å². The van der Waals surface area contributed by atoms with E-state index < -0.39 is 11.7 Å². The third-order valence-electron chi connectivity index (χ3n) is 3.39. The maximum absolute atomic E-state index is 12.5. The van der Waals surface area contributed by atoms with Crippen LogP contribution in [-0.2, 0) is 6.18 Å². The summed E-state index contributed by atoms with van der Waals surface area (Å²) in [6, 6.07) is 8.01. The van der Waals surface area contributed by atoms with Gasteiger partial charge in [-0.2, -0.15) is 18.3 Å². The Bertz CT molecular complexity index is 734. The largest absolute Gasteiger partial charge is 0.493 e. The highest BCUT2D eigenvalue weighted by Crippen LogP contribution is 2.38. The minimum atomic E-state index is -4.36. The van der Waals surface area contributed by atoms with E-state index in [2.05, 4.69) is 10.5 Å². The van der Waals surface area contributed by atoms with E-state index in [0.717, 1.165) is 12.1 Å². The Kier molecular flexibility index (Phi) is 6.32. The summed E-state index contributed by atoms with van der Waals surface area (Å²) in [6.07, 6.45) is -2.87. The van der Waals surface area contributed by atoms with E-state index in [0.29, 0.717) is 35.1 Å². The molecule has 0 aliphatic carbocycles. The Balaban J connectivity index is 2.15. The van der Waals surface area contributed by atoms with Crippen LogP contribution in [0.5, 0.6) is 17.2 Å². The highest BCUT2D eigenvalue weighted by molar-refractivity contribution is 5.83. The van der Waals surface area contributed by atoms with Gasteiger partial charge in [-0.05, 0) is 43.3 Å². The van der Waals surface area contributed by atoms with Gasteiger partial charge < -0.3 is 14.2 Å². The number of hydrogen-bond acceptors (Lipinski definition) is 5. The summed E-state index contributed by atoms with van der Waals surface area (Å²) >= 11 is 0. The molecule has 0 atom stereocenters. The quantitative estimate of drug-likeness (QED) is 0.575. The predicted octanol–water partition coefficient (Wildman–Crippen LogP) is 4.57. The lowest BCUT2D eigenvalue weighted by molar-refractivity contribution is -0.137. The monoisotopic (exact) mass is 368 g/mol. The van der Waals surface area contributed by atoms with E-state index in [1.54, 1.807) is 12.1 Å². The topological polar surface area (TPSA) is 52.1 Å². The molecule has 0 bridgehead atoms. The molecule has 0 saturated heterocycles. The van der Waals surface area contributed by atoms with E-state index in [-0.39, 0.29) is 0 Å². The van der Waals surface area contributed by atoms with Crippen LogP contribution >= 0.6 is 0 Å². The van der Waals surface area contributed by atoms with Crippen molar-refractivity contribution in [1.82, 2.24) is 0 Å². The molecule has 2 rings (SSSR count). The maximum atomic E-state index is 12.5. The summed E-state index contributed by atoms with van der Waals surface area (Å²) in [6.45, 7) is 2.30. The summed E-state index contributed by atoms with van der Waals surface area (Å²) in [5.41, 5.74) is 3.06. The van der Waals surface area contributed by atoms with Crippen LogP contribution in [0.1, 0.15) is 18.1 Å². The van der Waals surface area contributed by atoms with Gasteiger partial charge in [0.1, 0.15) is 0 Å². The van der Waals surface area contributed by atoms with Crippen molar-refractivity contribution >= 4 is 11.9 Å². The van der Waals surface area contributed by atoms with Crippen molar-refractivity contribution in [3.8, 4) is 17.2 Å². The van der Waals surface area contributed by atoms with Crippen LogP contribution < -0.4 is 19.6 Å². The van der Waals surface area contributed by atoms with Gasteiger partial charge in [-0.1, -0.05) is 0 Å². The molecule has 0 amide bonds. The first-order valence-electron chi connectivity index (χ1n) is 7.74. The molecule has 2 aromatic rings. The molecule has 0 radical (unpaired) electrons. The van der Waals surface area contributed by atoms with E-state index in [4.69, 9.17) is 14.2 Å². The zero-order valence-corrected chi connectivity index (χ0v) is 14.6. The van der Waals surface area contributed by atoms with Gasteiger partial charge in [-0.15, -0.1) is 0 Å². The van der Waals surface area contributed by atoms with Crippen LogP contribution in [-0.4, -0.2) is 27.0 Å². The Morgan fingerprint density at radius 2 is 1.62 bits per heavy atom. The fourth-order valence-electron chi connectivity index (χ4n) is 2.18. The number of hydrazone groups is 1. The molecule has 2 aromatic carbocycles. The smallest absolute Gasteiger partial charge is 0.416 e. The number of methoxy groups -OCH3 is 2. The van der Waals surface area contributed by atoms with Gasteiger partial charge in [-0.25, -0.2) is 0 Å². The summed E-state index contributed by atoms with van der Waals surface area (Å²) in [4.78, 5) is 0. The first-order valence-corrected chi connectivity index (χ1v) is 7.74. The van der Waals surface area contributed by atoms with Gasteiger partial charge in [0.25, 0.3) is 0 Å². The molecule has 5 nitrogen and oxygen atoms in total. The van der Waals surface area contributed by atoms with Gasteiger partial charge in [0, 0.05) is 5.56 Å². The second-order valence-electron chi connectivity index (χ2n) is 5.13. The van der Waals surface area contributed by atoms with E-state index in [1.165, 1.54) is 32.6 Å². The fraction of sp³-hybridized carbons (Fsp3) is 0.278. The molecule has 0 heterocycles. The van der Waals surface area contributed by atoms with Crippen molar-refractivity contribution in [2.75, 3.05) is 26.3 Å². The fourth-order valence-corrected chi connectivity index (χ4v) is 2.18. The van der Waals surface area contributed by atoms with Crippen molar-refractivity contribution in [1.29, 1.82) is 0 Å². The molecule has 0 aliphatic heterocycles. The number of ether oxygens (including phenoxy) is 3. The lowest BCUT2D eigenvalue weighted by atomic mass is 10.2. The van der Waals surface area contributed by atoms with Gasteiger partial charge in [-0.3, -0.25) is 5.43 Å². The molecule has 0 spiro atoms. The van der Waals surface area contributed by atoms with Crippen molar-refractivity contribution < 1.29 is 27.4 Å². The van der Waals surface area contributed by atoms with Crippen molar-refractivity contribution in [2.45, 2.75) is 13.1 Å². The molecule has 0 unspecified atom stereocenters. The van der Waals surface area contributed by atoms with E-state index in [9.17, 15) is 13.2 Å². The van der Waals surface area contributed by atoms with Gasteiger partial charge >= 0.3 is 6.18 Å². The summed E-state index contributed by atoms with van der Waals surface area (Å²) in [5, 5.41) is 4.02. The lowest BCUT2D eigenvalue weighted by Gasteiger charge is -2.14. The molecule has 0 aliphatic rings. The summed E-state index contributed by atoms with van der Waals surface area (Å²) < 4.78 is 53.7. The van der Waals surface area contributed by atoms with Crippen LogP contribution in [0.4, 0.5) is 18.9 Å². The van der Waals surface area contributed by atoms with Crippen LogP contribution in [0, 0.1) is 0 Å². The van der Waals surface area contributed by atoms with Crippen molar-refractivity contribution in [2.24, 2.45) is 5.10 Å². The lowest BCUT2D eigenvalue weighted by Crippen LogP contribution is -2.04. The Labute approximate surface area is 149 Å². The van der Waals surface area contributed by atoms with Gasteiger partial charge in [0.2, 0.25) is 5.75 Å². The van der Waals surface area contributed by atoms with Crippen LogP contribution in [0.25, 0.3) is 0 Å².